The van der Waals surface area contributed by atoms with Gasteiger partial charge in [-0.25, -0.2) is 13.4 Å². The number of nitrogens with one attached hydrogen (secondary N) is 1. The summed E-state index contributed by atoms with van der Waals surface area (Å²) in [5, 5.41) is 2.87. The van der Waals surface area contributed by atoms with Crippen LogP contribution in [-0.2, 0) is 16.6 Å². The number of anilines is 2. The fraction of sp³-hybridized carbons (Fsp3) is 0.333. The van der Waals surface area contributed by atoms with Gasteiger partial charge in [0.1, 0.15) is 5.82 Å². The van der Waals surface area contributed by atoms with Crippen molar-refractivity contribution in [1.82, 2.24) is 10.3 Å². The smallest absolute Gasteiger partial charge is 0.251 e. The van der Waals surface area contributed by atoms with Crippen LogP contribution in [-0.4, -0.2) is 45.7 Å². The predicted octanol–water partition coefficient (Wildman–Crippen LogP) is 1.62. The summed E-state index contributed by atoms with van der Waals surface area (Å²) in [6.45, 7) is 0.884. The summed E-state index contributed by atoms with van der Waals surface area (Å²) >= 11 is 0. The quantitative estimate of drug-likeness (QED) is 0.860. The highest BCUT2D eigenvalue weighted by molar-refractivity contribution is 7.93. The van der Waals surface area contributed by atoms with Crippen molar-refractivity contribution in [3.8, 4) is 0 Å². The Kier molecular flexibility index (Phi) is 5.13. The summed E-state index contributed by atoms with van der Waals surface area (Å²) in [6.07, 6.45) is 2.34. The van der Waals surface area contributed by atoms with Crippen LogP contribution in [0, 0.1) is 0 Å². The topological polar surface area (TPSA) is 82.6 Å². The maximum absolute atomic E-state index is 12.3. The molecule has 7 nitrogen and oxygen atoms in total. The Hall–Kier alpha value is -2.61. The Balaban J connectivity index is 1.64. The minimum absolute atomic E-state index is 0.177. The number of pyridine rings is 1. The summed E-state index contributed by atoms with van der Waals surface area (Å²) in [5.41, 5.74) is 2.05. The molecule has 2 heterocycles. The van der Waals surface area contributed by atoms with E-state index < -0.39 is 10.0 Å². The molecule has 1 saturated heterocycles. The van der Waals surface area contributed by atoms with Crippen LogP contribution in [0.25, 0.3) is 0 Å². The van der Waals surface area contributed by atoms with Crippen LogP contribution < -0.4 is 14.5 Å². The van der Waals surface area contributed by atoms with Crippen molar-refractivity contribution in [2.75, 3.05) is 35.6 Å². The van der Waals surface area contributed by atoms with Crippen LogP contribution in [0.4, 0.5) is 11.5 Å². The first kappa shape index (κ1) is 18.2. The second-order valence-corrected chi connectivity index (χ2v) is 8.40. The minimum atomic E-state index is -3.21. The number of hydrogen-bond acceptors (Lipinski definition) is 5. The van der Waals surface area contributed by atoms with Crippen molar-refractivity contribution in [1.29, 1.82) is 0 Å². The molecule has 26 heavy (non-hydrogen) atoms. The van der Waals surface area contributed by atoms with Crippen molar-refractivity contribution in [2.45, 2.75) is 13.0 Å². The molecule has 0 aliphatic carbocycles. The monoisotopic (exact) mass is 374 g/mol. The van der Waals surface area contributed by atoms with Gasteiger partial charge in [0.05, 0.1) is 11.4 Å². The molecule has 1 aliphatic rings. The van der Waals surface area contributed by atoms with Crippen LogP contribution in [0.1, 0.15) is 22.3 Å². The normalized spacial score (nSPS) is 15.7. The molecule has 1 fully saturated rings. The number of benzene rings is 1. The van der Waals surface area contributed by atoms with Crippen LogP contribution in [0.15, 0.2) is 42.6 Å². The Bertz CT molecular complexity index is 895. The molecular formula is C18H22N4O3S. The van der Waals surface area contributed by atoms with Crippen LogP contribution in [0.5, 0.6) is 0 Å². The molecule has 138 valence electrons. The van der Waals surface area contributed by atoms with E-state index in [4.69, 9.17) is 0 Å². The molecule has 3 rings (SSSR count). The molecule has 0 radical (unpaired) electrons. The van der Waals surface area contributed by atoms with Gasteiger partial charge in [0.2, 0.25) is 10.0 Å². The lowest BCUT2D eigenvalue weighted by Crippen LogP contribution is -2.25. The minimum Gasteiger partial charge on any atom is -0.363 e. The fourth-order valence-electron chi connectivity index (χ4n) is 2.81. The van der Waals surface area contributed by atoms with E-state index in [1.807, 2.05) is 31.1 Å². The highest BCUT2D eigenvalue weighted by Gasteiger charge is 2.28. The molecule has 1 aliphatic heterocycles. The molecule has 1 aromatic carbocycles. The summed E-state index contributed by atoms with van der Waals surface area (Å²) < 4.78 is 25.3. The van der Waals surface area contributed by atoms with E-state index in [0.29, 0.717) is 30.8 Å². The molecule has 0 bridgehead atoms. The van der Waals surface area contributed by atoms with Gasteiger partial charge in [0.15, 0.2) is 0 Å². The molecule has 0 spiro atoms. The van der Waals surface area contributed by atoms with E-state index in [9.17, 15) is 13.2 Å². The number of aromatic nitrogens is 1. The van der Waals surface area contributed by atoms with Crippen molar-refractivity contribution >= 4 is 27.4 Å². The summed E-state index contributed by atoms with van der Waals surface area (Å²) in [7, 11) is 0.611. The number of hydrogen-bond donors (Lipinski definition) is 1. The highest BCUT2D eigenvalue weighted by atomic mass is 32.2. The SMILES string of the molecule is CN(C)c1cc(CNC(=O)c2ccc(N3CCCS3(=O)=O)cc2)ccn1. The maximum atomic E-state index is 12.3. The average molecular weight is 374 g/mol. The van der Waals surface area contributed by atoms with E-state index in [1.165, 1.54) is 4.31 Å². The molecule has 1 amide bonds. The standard InChI is InChI=1S/C18H22N4O3S/c1-21(2)17-12-14(8-9-19-17)13-20-18(23)15-4-6-16(7-5-15)22-10-3-11-26(22,24)25/h4-9,12H,3,10-11,13H2,1-2H3,(H,20,23). The second-order valence-electron chi connectivity index (χ2n) is 6.39. The van der Waals surface area contributed by atoms with Crippen LogP contribution in [0.3, 0.4) is 0 Å². The van der Waals surface area contributed by atoms with Gasteiger partial charge in [0.25, 0.3) is 5.91 Å². The van der Waals surface area contributed by atoms with Gasteiger partial charge >= 0.3 is 0 Å². The first-order valence-electron chi connectivity index (χ1n) is 8.38. The van der Waals surface area contributed by atoms with E-state index in [2.05, 4.69) is 10.3 Å². The zero-order valence-corrected chi connectivity index (χ0v) is 15.7. The van der Waals surface area contributed by atoms with E-state index in [-0.39, 0.29) is 11.7 Å². The van der Waals surface area contributed by atoms with E-state index >= 15 is 0 Å². The van der Waals surface area contributed by atoms with Crippen LogP contribution >= 0.6 is 0 Å². The number of nitrogens with zero attached hydrogens (tertiary/aromatic N) is 3. The molecule has 1 aromatic heterocycles. The van der Waals surface area contributed by atoms with Crippen molar-refractivity contribution < 1.29 is 13.2 Å². The molecule has 8 heteroatoms. The number of amides is 1. The van der Waals surface area contributed by atoms with Gasteiger partial charge in [-0.15, -0.1) is 0 Å². The first-order valence-corrected chi connectivity index (χ1v) is 9.99. The van der Waals surface area contributed by atoms with Gasteiger partial charge < -0.3 is 10.2 Å². The largest absolute Gasteiger partial charge is 0.363 e. The van der Waals surface area contributed by atoms with Gasteiger partial charge in [-0.3, -0.25) is 9.10 Å². The molecule has 0 unspecified atom stereocenters. The zero-order valence-electron chi connectivity index (χ0n) is 14.8. The highest BCUT2D eigenvalue weighted by Crippen LogP contribution is 2.24. The summed E-state index contributed by atoms with van der Waals surface area (Å²) in [5.74, 6) is 0.799. The Labute approximate surface area is 153 Å². The van der Waals surface area contributed by atoms with Crippen molar-refractivity contribution in [2.24, 2.45) is 0 Å². The number of carbonyl (C=O) groups excluding carboxylic acids is 1. The second kappa shape index (κ2) is 7.33. The van der Waals surface area contributed by atoms with Gasteiger partial charge in [-0.2, -0.15) is 0 Å². The van der Waals surface area contributed by atoms with Gasteiger partial charge in [-0.1, -0.05) is 0 Å². The molecule has 0 saturated carbocycles. The Morgan fingerprint density at radius 2 is 1.96 bits per heavy atom. The predicted molar refractivity (Wildman–Crippen MR) is 102 cm³/mol. The third kappa shape index (κ3) is 3.96. The van der Waals surface area contributed by atoms with Gasteiger partial charge in [0, 0.05) is 38.9 Å². The third-order valence-electron chi connectivity index (χ3n) is 4.24. The lowest BCUT2D eigenvalue weighted by Gasteiger charge is -2.17. The van der Waals surface area contributed by atoms with Gasteiger partial charge in [-0.05, 0) is 48.4 Å². The van der Waals surface area contributed by atoms with Crippen LogP contribution in [0.2, 0.25) is 0 Å². The molecule has 0 atom stereocenters. The maximum Gasteiger partial charge on any atom is 0.251 e. The van der Waals surface area contributed by atoms with Crippen molar-refractivity contribution in [3.05, 3.63) is 53.7 Å². The number of rotatable bonds is 5. The third-order valence-corrected chi connectivity index (χ3v) is 6.11. The molecule has 1 N–H and O–H groups in total. The molecule has 2 aromatic rings. The summed E-state index contributed by atoms with van der Waals surface area (Å²) in [6, 6.07) is 10.4. The average Bonchev–Trinajstić information content (AvgIpc) is 2.99. The Morgan fingerprint density at radius 3 is 2.58 bits per heavy atom. The lowest BCUT2D eigenvalue weighted by molar-refractivity contribution is 0.0951. The summed E-state index contributed by atoms with van der Waals surface area (Å²) in [4.78, 5) is 18.5. The Morgan fingerprint density at radius 1 is 1.23 bits per heavy atom. The number of sulfonamides is 1. The van der Waals surface area contributed by atoms with Crippen molar-refractivity contribution in [3.63, 3.8) is 0 Å². The zero-order chi connectivity index (χ0) is 18.7. The van der Waals surface area contributed by atoms with E-state index in [1.54, 1.807) is 30.5 Å². The number of carbonyl (C=O) groups is 1. The van der Waals surface area contributed by atoms with E-state index in [0.717, 1.165) is 11.4 Å². The lowest BCUT2D eigenvalue weighted by atomic mass is 10.2. The fourth-order valence-corrected chi connectivity index (χ4v) is 4.37. The molecular weight excluding hydrogens is 352 g/mol. The first-order chi connectivity index (χ1) is 12.4.